The van der Waals surface area contributed by atoms with Gasteiger partial charge in [-0.05, 0) is 44.7 Å². The van der Waals surface area contributed by atoms with E-state index in [9.17, 15) is 9.59 Å². The lowest BCUT2D eigenvalue weighted by Crippen LogP contribution is -2.73. The minimum Gasteiger partial charge on any atom is -0.496 e. The first-order chi connectivity index (χ1) is 14.6. The zero-order chi connectivity index (χ0) is 22.8. The molecule has 1 aliphatic rings. The average molecular weight is 488 g/mol. The third-order valence-electron chi connectivity index (χ3n) is 6.24. The maximum atomic E-state index is 14.0. The number of nitrogens with zero attached hydrogens (tertiary/aromatic N) is 1. The van der Waals surface area contributed by atoms with Crippen molar-refractivity contribution in [3.05, 3.63) is 65.7 Å². The molecular formula is C25H32BrN2O3+. The molecule has 0 aliphatic carbocycles. The Kier molecular flexibility index (Phi) is 6.92. The van der Waals surface area contributed by atoms with E-state index >= 15 is 0 Å². The number of hydrogen-bond acceptors (Lipinski definition) is 3. The smallest absolute Gasteiger partial charge is 0.352 e. The number of halogens is 1. The molecule has 5 nitrogen and oxygen atoms in total. The normalized spacial score (nSPS) is 26.8. The van der Waals surface area contributed by atoms with Gasteiger partial charge in [-0.1, -0.05) is 64.5 Å². The van der Waals surface area contributed by atoms with E-state index in [-0.39, 0.29) is 28.4 Å². The van der Waals surface area contributed by atoms with Gasteiger partial charge in [-0.15, -0.1) is 4.59 Å². The van der Waals surface area contributed by atoms with Gasteiger partial charge in [0.2, 0.25) is 0 Å². The van der Waals surface area contributed by atoms with Crippen molar-refractivity contribution in [3.8, 4) is 5.75 Å². The third kappa shape index (κ3) is 4.41. The maximum absolute atomic E-state index is 14.0. The molecule has 1 N–H and O–H groups in total. The first-order valence-corrected chi connectivity index (χ1v) is 11.6. The average Bonchev–Trinajstić information content (AvgIpc) is 2.84. The van der Waals surface area contributed by atoms with E-state index in [1.165, 1.54) is 6.92 Å². The zero-order valence-electron chi connectivity index (χ0n) is 18.9. The number of nitrogens with one attached hydrogen (secondary N) is 1. The number of hydrogen-bond donors (Lipinski definition) is 1. The van der Waals surface area contributed by atoms with Crippen molar-refractivity contribution >= 4 is 27.7 Å². The third-order valence-corrected chi connectivity index (χ3v) is 7.00. The fourth-order valence-electron chi connectivity index (χ4n) is 4.89. The van der Waals surface area contributed by atoms with E-state index in [4.69, 9.17) is 4.74 Å². The van der Waals surface area contributed by atoms with Crippen LogP contribution in [-0.4, -0.2) is 33.9 Å². The molecule has 31 heavy (non-hydrogen) atoms. The molecule has 1 saturated heterocycles. The summed E-state index contributed by atoms with van der Waals surface area (Å²) in [7, 11) is 1.67. The van der Waals surface area contributed by atoms with Crippen molar-refractivity contribution in [3.63, 3.8) is 0 Å². The summed E-state index contributed by atoms with van der Waals surface area (Å²) in [6.07, 6.45) is 1.31. The predicted octanol–water partition coefficient (Wildman–Crippen LogP) is 5.27. The highest BCUT2D eigenvalue weighted by atomic mass is 79.9. The lowest BCUT2D eigenvalue weighted by Gasteiger charge is -2.49. The van der Waals surface area contributed by atoms with Crippen LogP contribution in [0.25, 0.3) is 0 Å². The number of quaternary nitrogens is 1. The highest BCUT2D eigenvalue weighted by molar-refractivity contribution is 9.10. The topological polar surface area (TPSA) is 55.4 Å². The Morgan fingerprint density at radius 1 is 1.06 bits per heavy atom. The van der Waals surface area contributed by atoms with Crippen LogP contribution in [0.4, 0.5) is 0 Å². The minimum absolute atomic E-state index is 0.0334. The Hall–Kier alpha value is -2.18. The van der Waals surface area contributed by atoms with Crippen LogP contribution in [0.1, 0.15) is 63.6 Å². The van der Waals surface area contributed by atoms with Gasteiger partial charge in [-0.25, -0.2) is 4.79 Å². The second kappa shape index (κ2) is 9.13. The van der Waals surface area contributed by atoms with E-state index in [1.807, 2.05) is 69.3 Å². The number of likely N-dealkylation sites (tertiary alicyclic amines) is 1. The molecule has 2 amide bonds. The summed E-state index contributed by atoms with van der Waals surface area (Å²) in [6, 6.07) is 17.8. The first-order valence-electron chi connectivity index (χ1n) is 10.7. The summed E-state index contributed by atoms with van der Waals surface area (Å²) < 4.78 is 5.51. The summed E-state index contributed by atoms with van der Waals surface area (Å²) in [5.74, 6) is 0.640. The molecule has 1 fully saturated rings. The van der Waals surface area contributed by atoms with Crippen molar-refractivity contribution in [2.75, 3.05) is 7.11 Å². The molecule has 2 aromatic carbocycles. The Labute approximate surface area is 193 Å². The number of methoxy groups -OCH3 is 1. The van der Waals surface area contributed by atoms with Crippen molar-refractivity contribution in [1.29, 1.82) is 0 Å². The fraction of sp³-hybridized carbons (Fsp3) is 0.440. The fourth-order valence-corrected chi connectivity index (χ4v) is 5.66. The molecule has 0 saturated carbocycles. The highest BCUT2D eigenvalue weighted by Gasteiger charge is 2.59. The number of rotatable bonds is 4. The standard InChI is InChI=1S/C25H31BrN2O3/c1-17(29)27-28(25(2,3)4)22(18-11-7-6-8-12-18)16-19(15-21(26)24(28)30)20-13-9-10-14-23(20)31-5/h6-14,19,21-22H,15-16H2,1-5H3/p+1. The van der Waals surface area contributed by atoms with Crippen LogP contribution in [0.3, 0.4) is 0 Å². The van der Waals surface area contributed by atoms with Crippen molar-refractivity contribution < 1.29 is 18.9 Å². The van der Waals surface area contributed by atoms with Crippen molar-refractivity contribution in [2.45, 2.75) is 62.9 Å². The van der Waals surface area contributed by atoms with Gasteiger partial charge in [0.05, 0.1) is 7.11 Å². The van der Waals surface area contributed by atoms with Crippen molar-refractivity contribution in [2.24, 2.45) is 0 Å². The molecule has 4 atom stereocenters. The summed E-state index contributed by atoms with van der Waals surface area (Å²) >= 11 is 3.69. The van der Waals surface area contributed by atoms with Gasteiger partial charge < -0.3 is 4.74 Å². The molecule has 4 unspecified atom stereocenters. The number of para-hydroxylation sites is 1. The molecule has 0 radical (unpaired) electrons. The van der Waals surface area contributed by atoms with Gasteiger partial charge in [-0.2, -0.15) is 5.43 Å². The van der Waals surface area contributed by atoms with Crippen LogP contribution in [0.5, 0.6) is 5.75 Å². The second-order valence-electron chi connectivity index (χ2n) is 9.20. The largest absolute Gasteiger partial charge is 0.496 e. The summed E-state index contributed by atoms with van der Waals surface area (Å²) in [5, 5.41) is 0. The summed E-state index contributed by atoms with van der Waals surface area (Å²) in [4.78, 5) is 26.1. The number of benzene rings is 2. The Morgan fingerprint density at radius 3 is 2.26 bits per heavy atom. The van der Waals surface area contributed by atoms with Crippen LogP contribution in [0.15, 0.2) is 54.6 Å². The Balaban J connectivity index is 2.25. The van der Waals surface area contributed by atoms with E-state index in [1.54, 1.807) is 7.11 Å². The van der Waals surface area contributed by atoms with Gasteiger partial charge in [0, 0.05) is 18.9 Å². The number of amides is 2. The van der Waals surface area contributed by atoms with Crippen LogP contribution >= 0.6 is 15.9 Å². The van der Waals surface area contributed by atoms with E-state index in [0.29, 0.717) is 12.8 Å². The molecule has 2 aromatic rings. The number of carbonyl (C=O) groups is 2. The Bertz CT molecular complexity index is 941. The Morgan fingerprint density at radius 2 is 1.68 bits per heavy atom. The molecule has 3 rings (SSSR count). The van der Waals surface area contributed by atoms with Gasteiger partial charge in [-0.3, -0.25) is 4.79 Å². The lowest BCUT2D eigenvalue weighted by molar-refractivity contribution is -0.961. The number of ether oxygens (including phenoxy) is 1. The van der Waals surface area contributed by atoms with Gasteiger partial charge in [0.15, 0.2) is 0 Å². The molecule has 0 bridgehead atoms. The summed E-state index contributed by atoms with van der Waals surface area (Å²) in [6.45, 7) is 7.52. The van der Waals surface area contributed by atoms with Crippen LogP contribution in [-0.2, 0) is 9.59 Å². The molecule has 1 heterocycles. The minimum atomic E-state index is -0.565. The van der Waals surface area contributed by atoms with E-state index < -0.39 is 10.4 Å². The number of carbonyl (C=O) groups excluding carboxylic acids is 2. The number of alkyl halides is 1. The lowest BCUT2D eigenvalue weighted by atomic mass is 9.85. The quantitative estimate of drug-likeness (QED) is 0.471. The van der Waals surface area contributed by atoms with Crippen LogP contribution < -0.4 is 10.2 Å². The molecule has 1 aliphatic heterocycles. The van der Waals surface area contributed by atoms with Gasteiger partial charge >= 0.3 is 5.91 Å². The molecular weight excluding hydrogens is 456 g/mol. The van der Waals surface area contributed by atoms with E-state index in [0.717, 1.165) is 16.9 Å². The van der Waals surface area contributed by atoms with Crippen molar-refractivity contribution in [1.82, 2.24) is 5.43 Å². The van der Waals surface area contributed by atoms with Gasteiger partial charge in [0.25, 0.3) is 5.91 Å². The molecule has 0 aromatic heterocycles. The summed E-state index contributed by atoms with van der Waals surface area (Å²) in [5.41, 5.74) is 4.64. The maximum Gasteiger partial charge on any atom is 0.352 e. The van der Waals surface area contributed by atoms with Crippen LogP contribution in [0.2, 0.25) is 0 Å². The van der Waals surface area contributed by atoms with Gasteiger partial charge in [0.1, 0.15) is 22.2 Å². The second-order valence-corrected chi connectivity index (χ2v) is 10.3. The highest BCUT2D eigenvalue weighted by Crippen LogP contribution is 2.49. The molecule has 0 spiro atoms. The molecule has 166 valence electrons. The first kappa shape index (κ1) is 23.5. The monoisotopic (exact) mass is 487 g/mol. The van der Waals surface area contributed by atoms with E-state index in [2.05, 4.69) is 27.4 Å². The zero-order valence-corrected chi connectivity index (χ0v) is 20.5. The predicted molar refractivity (Wildman–Crippen MR) is 126 cm³/mol. The van der Waals surface area contributed by atoms with Crippen LogP contribution in [0, 0.1) is 0 Å². The molecule has 6 heteroatoms. The SMILES string of the molecule is COc1ccccc1C1CC(Br)C(=O)[N+](NC(C)=O)(C(C)(C)C)C(c2ccccc2)C1.